The summed E-state index contributed by atoms with van der Waals surface area (Å²) in [4.78, 5) is 29.8. The molecular weight excluding hydrogens is 444 g/mol. The molecule has 2 atom stereocenters. The number of carbonyl (C=O) groups is 2. The van der Waals surface area contributed by atoms with E-state index in [1.54, 1.807) is 11.3 Å². The van der Waals surface area contributed by atoms with Crippen LogP contribution >= 0.6 is 11.6 Å². The average Bonchev–Trinajstić information content (AvgIpc) is 3.61. The van der Waals surface area contributed by atoms with Crippen molar-refractivity contribution in [3.8, 4) is 0 Å². The van der Waals surface area contributed by atoms with Crippen molar-refractivity contribution in [3.63, 3.8) is 0 Å². The lowest BCUT2D eigenvalue weighted by molar-refractivity contribution is -0.143. The fraction of sp³-hybridized carbons (Fsp3) is 0.458. The summed E-state index contributed by atoms with van der Waals surface area (Å²) in [6.07, 6.45) is 3.63. The number of hydrazone groups is 1. The molecule has 0 radical (unpaired) electrons. The Labute approximate surface area is 197 Å². The molecule has 2 saturated heterocycles. The molecule has 174 valence electrons. The second-order valence-electron chi connectivity index (χ2n) is 8.63. The molecule has 0 bridgehead atoms. The predicted molar refractivity (Wildman–Crippen MR) is 123 cm³/mol. The van der Waals surface area contributed by atoms with Gasteiger partial charge in [0.05, 0.1) is 18.5 Å². The molecule has 5 rings (SSSR count). The maximum absolute atomic E-state index is 13.3. The van der Waals surface area contributed by atoms with E-state index in [4.69, 9.17) is 20.8 Å². The van der Waals surface area contributed by atoms with Gasteiger partial charge in [0, 0.05) is 44.2 Å². The van der Waals surface area contributed by atoms with Crippen LogP contribution in [-0.4, -0.2) is 77.8 Å². The number of hydrogen-bond donors (Lipinski definition) is 0. The first-order valence-electron chi connectivity index (χ1n) is 11.4. The SMILES string of the molecule is O=C(C1CCCO1)N1CCN(CC(=O)N2N=C(c3ccc(Cl)cc3)CC2c2ccco2)CC1. The largest absolute Gasteiger partial charge is 0.467 e. The van der Waals surface area contributed by atoms with Gasteiger partial charge in [0.25, 0.3) is 11.8 Å². The number of rotatable bonds is 5. The molecule has 8 nitrogen and oxygen atoms in total. The summed E-state index contributed by atoms with van der Waals surface area (Å²) in [6.45, 7) is 3.42. The Kier molecular flexibility index (Phi) is 6.48. The van der Waals surface area contributed by atoms with E-state index in [0.717, 1.165) is 24.1 Å². The van der Waals surface area contributed by atoms with Crippen LogP contribution in [0.5, 0.6) is 0 Å². The number of hydrogen-bond acceptors (Lipinski definition) is 6. The van der Waals surface area contributed by atoms with Crippen LogP contribution < -0.4 is 0 Å². The summed E-state index contributed by atoms with van der Waals surface area (Å²) >= 11 is 6.03. The van der Waals surface area contributed by atoms with Crippen molar-refractivity contribution in [2.24, 2.45) is 5.10 Å². The Hall–Kier alpha value is -2.68. The Morgan fingerprint density at radius 1 is 1.09 bits per heavy atom. The minimum absolute atomic E-state index is 0.0770. The van der Waals surface area contributed by atoms with Crippen molar-refractivity contribution in [2.45, 2.75) is 31.4 Å². The van der Waals surface area contributed by atoms with Gasteiger partial charge in [-0.05, 0) is 42.7 Å². The number of piperazine rings is 1. The summed E-state index contributed by atoms with van der Waals surface area (Å²) in [6, 6.07) is 10.9. The molecule has 2 aromatic rings. The lowest BCUT2D eigenvalue weighted by Crippen LogP contribution is -2.53. The van der Waals surface area contributed by atoms with Crippen LogP contribution in [0.15, 0.2) is 52.2 Å². The van der Waals surface area contributed by atoms with Crippen molar-refractivity contribution in [2.75, 3.05) is 39.3 Å². The van der Waals surface area contributed by atoms with Gasteiger partial charge in [-0.1, -0.05) is 23.7 Å². The van der Waals surface area contributed by atoms with E-state index in [1.165, 1.54) is 0 Å². The molecule has 2 fully saturated rings. The van der Waals surface area contributed by atoms with Crippen molar-refractivity contribution < 1.29 is 18.7 Å². The lowest BCUT2D eigenvalue weighted by Gasteiger charge is -2.36. The van der Waals surface area contributed by atoms with E-state index in [0.29, 0.717) is 50.0 Å². The smallest absolute Gasteiger partial charge is 0.257 e. The van der Waals surface area contributed by atoms with Gasteiger partial charge in [0.1, 0.15) is 17.9 Å². The van der Waals surface area contributed by atoms with Crippen molar-refractivity contribution in [3.05, 3.63) is 59.0 Å². The highest BCUT2D eigenvalue weighted by Crippen LogP contribution is 2.33. The minimum Gasteiger partial charge on any atom is -0.467 e. The second kappa shape index (κ2) is 9.67. The third-order valence-corrected chi connectivity index (χ3v) is 6.71. The Morgan fingerprint density at radius 2 is 1.88 bits per heavy atom. The first kappa shape index (κ1) is 22.1. The molecule has 2 amide bonds. The van der Waals surface area contributed by atoms with Gasteiger partial charge < -0.3 is 14.1 Å². The van der Waals surface area contributed by atoms with E-state index in [-0.39, 0.29) is 30.5 Å². The van der Waals surface area contributed by atoms with Gasteiger partial charge in [-0.2, -0.15) is 5.10 Å². The molecule has 3 aliphatic heterocycles. The van der Waals surface area contributed by atoms with Crippen LogP contribution in [0.2, 0.25) is 5.02 Å². The highest BCUT2D eigenvalue weighted by Gasteiger charge is 2.36. The predicted octanol–water partition coefficient (Wildman–Crippen LogP) is 2.93. The first-order chi connectivity index (χ1) is 16.1. The summed E-state index contributed by atoms with van der Waals surface area (Å²) < 4.78 is 11.2. The number of carbonyl (C=O) groups excluding carboxylic acids is 2. The normalized spacial score (nSPS) is 23.7. The van der Waals surface area contributed by atoms with Gasteiger partial charge in [-0.3, -0.25) is 14.5 Å². The number of furan rings is 1. The maximum Gasteiger partial charge on any atom is 0.257 e. The van der Waals surface area contributed by atoms with Gasteiger partial charge in [-0.25, -0.2) is 5.01 Å². The number of amides is 2. The Morgan fingerprint density at radius 3 is 2.55 bits per heavy atom. The third-order valence-electron chi connectivity index (χ3n) is 6.46. The van der Waals surface area contributed by atoms with Crippen LogP contribution in [0.3, 0.4) is 0 Å². The topological polar surface area (TPSA) is 78.6 Å². The van der Waals surface area contributed by atoms with Gasteiger partial charge in [-0.15, -0.1) is 0 Å². The molecule has 3 aliphatic rings. The average molecular weight is 471 g/mol. The van der Waals surface area contributed by atoms with Crippen LogP contribution in [-0.2, 0) is 14.3 Å². The molecule has 4 heterocycles. The molecule has 0 spiro atoms. The summed E-state index contributed by atoms with van der Waals surface area (Å²) in [5.41, 5.74) is 1.76. The molecule has 9 heteroatoms. The van der Waals surface area contributed by atoms with E-state index < -0.39 is 0 Å². The van der Waals surface area contributed by atoms with Crippen LogP contribution in [0, 0.1) is 0 Å². The highest BCUT2D eigenvalue weighted by molar-refractivity contribution is 6.30. The molecule has 0 N–H and O–H groups in total. The molecule has 1 aromatic carbocycles. The van der Waals surface area contributed by atoms with Crippen LogP contribution in [0.1, 0.15) is 36.6 Å². The highest BCUT2D eigenvalue weighted by atomic mass is 35.5. The lowest BCUT2D eigenvalue weighted by atomic mass is 10.0. The van der Waals surface area contributed by atoms with Crippen molar-refractivity contribution in [1.82, 2.24) is 14.8 Å². The standard InChI is InChI=1S/C24H27ClN4O4/c25-18-7-5-17(6-8-18)19-15-20(21-3-1-13-32-21)29(26-19)23(30)16-27-9-11-28(12-10-27)24(31)22-4-2-14-33-22/h1,3,5-8,13,20,22H,2,4,9-12,14-16H2. The minimum atomic E-state index is -0.294. The summed E-state index contributed by atoms with van der Waals surface area (Å²) in [5, 5.41) is 6.88. The molecule has 33 heavy (non-hydrogen) atoms. The third kappa shape index (κ3) is 4.83. The van der Waals surface area contributed by atoms with E-state index >= 15 is 0 Å². The molecular formula is C24H27ClN4O4. The molecule has 0 aliphatic carbocycles. The zero-order valence-corrected chi connectivity index (χ0v) is 19.1. The van der Waals surface area contributed by atoms with Gasteiger partial charge in [0.2, 0.25) is 0 Å². The van der Waals surface area contributed by atoms with Crippen molar-refractivity contribution >= 4 is 29.1 Å². The number of nitrogens with zero attached hydrogens (tertiary/aromatic N) is 4. The fourth-order valence-corrected chi connectivity index (χ4v) is 4.75. The zero-order chi connectivity index (χ0) is 22.8. The van der Waals surface area contributed by atoms with Gasteiger partial charge >= 0.3 is 0 Å². The van der Waals surface area contributed by atoms with Crippen LogP contribution in [0.4, 0.5) is 0 Å². The van der Waals surface area contributed by atoms with E-state index in [2.05, 4.69) is 10.0 Å². The fourth-order valence-electron chi connectivity index (χ4n) is 4.63. The summed E-state index contributed by atoms with van der Waals surface area (Å²) in [5.74, 6) is 0.704. The van der Waals surface area contributed by atoms with E-state index in [1.807, 2.05) is 41.3 Å². The number of benzene rings is 1. The monoisotopic (exact) mass is 470 g/mol. The molecule has 2 unspecified atom stereocenters. The van der Waals surface area contributed by atoms with Gasteiger partial charge in [0.15, 0.2) is 0 Å². The number of ether oxygens (including phenoxy) is 1. The zero-order valence-electron chi connectivity index (χ0n) is 18.4. The maximum atomic E-state index is 13.3. The Balaban J connectivity index is 1.24. The second-order valence-corrected chi connectivity index (χ2v) is 9.07. The molecule has 0 saturated carbocycles. The Bertz CT molecular complexity index is 1010. The summed E-state index contributed by atoms with van der Waals surface area (Å²) in [7, 11) is 0. The quantitative estimate of drug-likeness (QED) is 0.671. The number of halogens is 1. The first-order valence-corrected chi connectivity index (χ1v) is 11.8. The van der Waals surface area contributed by atoms with E-state index in [9.17, 15) is 9.59 Å². The van der Waals surface area contributed by atoms with Crippen LogP contribution in [0.25, 0.3) is 0 Å². The van der Waals surface area contributed by atoms with Crippen molar-refractivity contribution in [1.29, 1.82) is 0 Å². The molecule has 1 aromatic heterocycles.